The third-order valence-electron chi connectivity index (χ3n) is 19.8. The summed E-state index contributed by atoms with van der Waals surface area (Å²) in [6, 6.07) is 111. The largest absolute Gasteiger partial charge is 0.309 e. The van der Waals surface area contributed by atoms with Crippen LogP contribution in [0.1, 0.15) is 0 Å². The molecule has 0 spiro atoms. The van der Waals surface area contributed by atoms with E-state index in [0.29, 0.717) is 17.7 Å². The molecule has 0 radical (unpaired) electrons. The van der Waals surface area contributed by atoms with Crippen molar-refractivity contribution in [2.24, 2.45) is 0 Å². The van der Waals surface area contributed by atoms with Crippen LogP contribution in [0.25, 0.3) is 199 Å². The SMILES string of the molecule is c1ccc2c(c1)sc1ccc(-c3ccc4c(c3)c3ccccc3n4-c3ccc(-c4ccc(-c5nc(-n6c7ccccc7c7cc(-c8ccc9sc%10ccccc%10c9c8)ccc76)nc(-n6c7ccccc7c7cc(-c8ccc9sc%10ccccc%10c9c8)ccc76)n5)cc4)cc3)cc12. The molecule has 0 amide bonds. The highest BCUT2D eigenvalue weighted by Gasteiger charge is 2.23. The third-order valence-corrected chi connectivity index (χ3v) is 23.2. The highest BCUT2D eigenvalue weighted by molar-refractivity contribution is 7.26. The van der Waals surface area contributed by atoms with Crippen LogP contribution < -0.4 is 0 Å². The summed E-state index contributed by atoms with van der Waals surface area (Å²) < 4.78 is 14.7. The number of hydrogen-bond donors (Lipinski definition) is 0. The Morgan fingerprint density at radius 2 is 0.458 bits per heavy atom. The summed E-state index contributed by atoms with van der Waals surface area (Å²) in [5.41, 5.74) is 17.7. The van der Waals surface area contributed by atoms with Crippen LogP contribution in [0.3, 0.4) is 0 Å². The minimum absolute atomic E-state index is 0.536. The molecule has 9 heteroatoms. The summed E-state index contributed by atoms with van der Waals surface area (Å²) in [4.78, 5) is 16.6. The van der Waals surface area contributed by atoms with Gasteiger partial charge in [-0.05, 0) is 166 Å². The second-order valence-corrected chi connectivity index (χ2v) is 28.3. The molecule has 0 fully saturated rings. The normalized spacial score (nSPS) is 12.2. The standard InChI is InChI=1S/C87H50N6S3/c1-7-19-73-61(13-1)67-45-54(57-34-42-82-70(48-57)64-16-4-10-22-79(64)94-82)31-39-76(67)91(73)60-37-29-52(30-38-60)51-25-27-53(28-26-51)85-88-86(92-74-20-8-2-14-62(74)68-46-55(32-40-77(68)92)58-35-43-83-71(49-58)65-17-5-11-23-80(65)95-83)90-87(89-85)93-75-21-9-3-15-63(75)69-47-56(33-41-78(69)93)59-36-44-84-72(50-59)66-18-6-12-24-81(66)96-84/h1-50H. The van der Waals surface area contributed by atoms with Gasteiger partial charge in [-0.15, -0.1) is 34.0 Å². The molecule has 0 N–H and O–H groups in total. The number of nitrogens with zero attached hydrogens (tertiary/aromatic N) is 6. The second-order valence-electron chi connectivity index (χ2n) is 25.1. The quantitative estimate of drug-likeness (QED) is 0.152. The van der Waals surface area contributed by atoms with E-state index in [2.05, 4.69) is 317 Å². The van der Waals surface area contributed by atoms with Crippen LogP contribution in [-0.4, -0.2) is 28.7 Å². The van der Waals surface area contributed by atoms with Gasteiger partial charge in [0, 0.05) is 104 Å². The number of benzene rings is 14. The molecule has 0 atom stereocenters. The number of fused-ring (bicyclic) bond motifs is 18. The molecular formula is C87H50N6S3. The highest BCUT2D eigenvalue weighted by atomic mass is 32.1. The maximum Gasteiger partial charge on any atom is 0.240 e. The number of aromatic nitrogens is 6. The summed E-state index contributed by atoms with van der Waals surface area (Å²) in [6.45, 7) is 0. The van der Waals surface area contributed by atoms with Crippen LogP contribution in [0, 0.1) is 0 Å². The molecule has 21 aromatic rings. The molecule has 0 aliphatic rings. The van der Waals surface area contributed by atoms with Gasteiger partial charge in [0.2, 0.25) is 11.9 Å². The lowest BCUT2D eigenvalue weighted by Crippen LogP contribution is -2.10. The van der Waals surface area contributed by atoms with Gasteiger partial charge in [-0.1, -0.05) is 182 Å². The first-order valence-electron chi connectivity index (χ1n) is 32.4. The Morgan fingerprint density at radius 1 is 0.188 bits per heavy atom. The molecule has 96 heavy (non-hydrogen) atoms. The first-order valence-corrected chi connectivity index (χ1v) is 34.8. The minimum atomic E-state index is 0.536. The summed E-state index contributed by atoms with van der Waals surface area (Å²) in [5, 5.41) is 14.7. The second kappa shape index (κ2) is 20.8. The molecule has 0 unspecified atom stereocenters. The van der Waals surface area contributed by atoms with E-state index in [-0.39, 0.29) is 0 Å². The van der Waals surface area contributed by atoms with Gasteiger partial charge in [0.15, 0.2) is 5.82 Å². The highest BCUT2D eigenvalue weighted by Crippen LogP contribution is 2.44. The van der Waals surface area contributed by atoms with Crippen LogP contribution in [0.4, 0.5) is 0 Å². The van der Waals surface area contributed by atoms with Crippen molar-refractivity contribution in [3.8, 4) is 73.5 Å². The van der Waals surface area contributed by atoms with Gasteiger partial charge in [-0.3, -0.25) is 9.13 Å². The molecule has 0 bridgehead atoms. The lowest BCUT2D eigenvalue weighted by Gasteiger charge is -2.13. The Hall–Kier alpha value is -11.9. The minimum Gasteiger partial charge on any atom is -0.309 e. The maximum absolute atomic E-state index is 5.59. The van der Waals surface area contributed by atoms with E-state index in [1.165, 1.54) is 105 Å². The van der Waals surface area contributed by atoms with Crippen LogP contribution in [0.5, 0.6) is 0 Å². The zero-order chi connectivity index (χ0) is 62.7. The van der Waals surface area contributed by atoms with Crippen molar-refractivity contribution in [1.29, 1.82) is 0 Å². The molecule has 7 aromatic heterocycles. The molecule has 0 saturated heterocycles. The van der Waals surface area contributed by atoms with Crippen molar-refractivity contribution < 1.29 is 0 Å². The van der Waals surface area contributed by atoms with E-state index in [1.54, 1.807) is 0 Å². The first-order chi connectivity index (χ1) is 47.5. The van der Waals surface area contributed by atoms with Crippen molar-refractivity contribution in [3.63, 3.8) is 0 Å². The van der Waals surface area contributed by atoms with Crippen molar-refractivity contribution in [2.75, 3.05) is 0 Å². The maximum atomic E-state index is 5.59. The smallest absolute Gasteiger partial charge is 0.240 e. The van der Waals surface area contributed by atoms with Gasteiger partial charge in [0.1, 0.15) is 0 Å². The first kappa shape index (κ1) is 53.6. The fourth-order valence-electron chi connectivity index (χ4n) is 15.2. The van der Waals surface area contributed by atoms with Crippen LogP contribution in [-0.2, 0) is 0 Å². The monoisotopic (exact) mass is 1270 g/mol. The summed E-state index contributed by atoms with van der Waals surface area (Å²) in [6.07, 6.45) is 0. The number of hydrogen-bond acceptors (Lipinski definition) is 6. The van der Waals surface area contributed by atoms with Crippen LogP contribution >= 0.6 is 34.0 Å². The van der Waals surface area contributed by atoms with E-state index in [4.69, 9.17) is 15.0 Å². The molecule has 7 heterocycles. The van der Waals surface area contributed by atoms with E-state index < -0.39 is 0 Å². The number of thiophene rings is 3. The van der Waals surface area contributed by atoms with Gasteiger partial charge in [0.25, 0.3) is 0 Å². The Kier molecular flexibility index (Phi) is 11.6. The van der Waals surface area contributed by atoms with E-state index in [0.717, 1.165) is 77.1 Å². The van der Waals surface area contributed by atoms with Crippen LogP contribution in [0.2, 0.25) is 0 Å². The van der Waals surface area contributed by atoms with Crippen molar-refractivity contribution in [2.45, 2.75) is 0 Å². The zero-order valence-corrected chi connectivity index (χ0v) is 53.7. The Bertz CT molecular complexity index is 6590. The number of para-hydroxylation sites is 3. The van der Waals surface area contributed by atoms with Crippen molar-refractivity contribution >= 4 is 160 Å². The van der Waals surface area contributed by atoms with Gasteiger partial charge < -0.3 is 4.57 Å². The molecular weight excluding hydrogens is 1230 g/mol. The third kappa shape index (κ3) is 8.25. The average Bonchev–Trinajstić information content (AvgIpc) is 1.58. The predicted octanol–water partition coefficient (Wildman–Crippen LogP) is 24.6. The molecule has 446 valence electrons. The fourth-order valence-corrected chi connectivity index (χ4v) is 18.4. The van der Waals surface area contributed by atoms with Crippen molar-refractivity contribution in [1.82, 2.24) is 28.7 Å². The van der Waals surface area contributed by atoms with Gasteiger partial charge in [-0.2, -0.15) is 15.0 Å². The lowest BCUT2D eigenvalue weighted by molar-refractivity contribution is 0.893. The van der Waals surface area contributed by atoms with E-state index >= 15 is 0 Å². The Balaban J connectivity index is 0.684. The molecule has 0 aliphatic carbocycles. The molecule has 6 nitrogen and oxygen atoms in total. The lowest BCUT2D eigenvalue weighted by atomic mass is 10.0. The van der Waals surface area contributed by atoms with Crippen molar-refractivity contribution in [3.05, 3.63) is 303 Å². The summed E-state index contributed by atoms with van der Waals surface area (Å²) in [5.74, 6) is 1.64. The fraction of sp³-hybridized carbons (Fsp3) is 0. The molecule has 0 saturated carbocycles. The van der Waals surface area contributed by atoms with E-state index in [9.17, 15) is 0 Å². The molecule has 21 rings (SSSR count). The predicted molar refractivity (Wildman–Crippen MR) is 409 cm³/mol. The zero-order valence-electron chi connectivity index (χ0n) is 51.3. The topological polar surface area (TPSA) is 53.5 Å². The van der Waals surface area contributed by atoms with Crippen LogP contribution in [0.15, 0.2) is 303 Å². The van der Waals surface area contributed by atoms with Gasteiger partial charge in [-0.25, -0.2) is 0 Å². The Morgan fingerprint density at radius 3 is 0.854 bits per heavy atom. The number of rotatable bonds is 8. The summed E-state index contributed by atoms with van der Waals surface area (Å²) in [7, 11) is 0. The average molecular weight is 1280 g/mol. The Labute approximate surface area is 561 Å². The molecule has 14 aromatic carbocycles. The van der Waals surface area contributed by atoms with Gasteiger partial charge in [0.05, 0.1) is 33.1 Å². The molecule has 0 aliphatic heterocycles. The van der Waals surface area contributed by atoms with Gasteiger partial charge >= 0.3 is 0 Å². The summed E-state index contributed by atoms with van der Waals surface area (Å²) >= 11 is 5.55. The van der Waals surface area contributed by atoms with E-state index in [1.807, 2.05) is 34.0 Å².